The van der Waals surface area contributed by atoms with Crippen molar-refractivity contribution in [2.24, 2.45) is 11.8 Å². The summed E-state index contributed by atoms with van der Waals surface area (Å²) in [7, 11) is 0. The van der Waals surface area contributed by atoms with Crippen molar-refractivity contribution in [1.29, 1.82) is 0 Å². The Labute approximate surface area is 260 Å². The molecule has 2 aromatic carbocycles. The summed E-state index contributed by atoms with van der Waals surface area (Å²) in [6.45, 7) is 15.1. The molecule has 2 aromatic rings. The van der Waals surface area contributed by atoms with Crippen molar-refractivity contribution in [3.63, 3.8) is 0 Å². The van der Waals surface area contributed by atoms with E-state index in [1.165, 1.54) is 24.3 Å². The number of allylic oxidation sites excluding steroid dienone is 8. The van der Waals surface area contributed by atoms with Crippen LogP contribution in [-0.4, -0.2) is 26.2 Å². The van der Waals surface area contributed by atoms with Gasteiger partial charge in [0.25, 0.3) is 0 Å². The van der Waals surface area contributed by atoms with E-state index in [0.29, 0.717) is 36.3 Å². The molecule has 0 atom stereocenters. The first-order valence-corrected chi connectivity index (χ1v) is 13.8. The van der Waals surface area contributed by atoms with Crippen LogP contribution in [0.2, 0.25) is 0 Å². The second-order valence-corrected chi connectivity index (χ2v) is 9.88. The van der Waals surface area contributed by atoms with Crippen molar-refractivity contribution in [2.75, 3.05) is 36.0 Å². The normalized spacial score (nSPS) is 12.2. The number of nitrogens with zero attached hydrogens (tertiary/aromatic N) is 2. The van der Waals surface area contributed by atoms with Crippen LogP contribution in [0.25, 0.3) is 0 Å². The maximum atomic E-state index is 13.4. The van der Waals surface area contributed by atoms with Gasteiger partial charge in [0.15, 0.2) is 0 Å². The van der Waals surface area contributed by atoms with E-state index in [1.807, 2.05) is 48.0 Å². The van der Waals surface area contributed by atoms with E-state index < -0.39 is 23.3 Å². The van der Waals surface area contributed by atoms with Gasteiger partial charge >= 0.3 is 21.7 Å². The first kappa shape index (κ1) is 38.4. The molecule has 0 aliphatic heterocycles. The maximum Gasteiger partial charge on any atom is 4.00 e. The molecule has 220 valence electrons. The minimum Gasteiger partial charge on any atom is -0.421 e. The van der Waals surface area contributed by atoms with Crippen LogP contribution in [0, 0.1) is 59.4 Å². The Morgan fingerprint density at radius 1 is 0.659 bits per heavy atom. The molecule has 0 fully saturated rings. The van der Waals surface area contributed by atoms with Gasteiger partial charge in [-0.1, -0.05) is 27.7 Å². The quantitative estimate of drug-likeness (QED) is 0.169. The fraction of sp³-hybridized carbons (Fsp3) is 0.412. The molecule has 41 heavy (non-hydrogen) atoms. The van der Waals surface area contributed by atoms with Crippen LogP contribution in [0.5, 0.6) is 0 Å². The predicted octanol–water partition coefficient (Wildman–Crippen LogP) is 9.10. The van der Waals surface area contributed by atoms with Gasteiger partial charge in [-0.05, 0) is 37.1 Å². The molecule has 0 heterocycles. The molecular weight excluding hydrogens is 560 g/mol. The molecule has 0 bridgehead atoms. The van der Waals surface area contributed by atoms with Crippen LogP contribution in [0.1, 0.15) is 54.4 Å². The molecule has 0 aromatic heterocycles. The van der Waals surface area contributed by atoms with Gasteiger partial charge in [0, 0.05) is 49.4 Å². The van der Waals surface area contributed by atoms with E-state index in [2.05, 4.69) is 64.1 Å². The van der Waals surface area contributed by atoms with E-state index in [0.717, 1.165) is 25.9 Å². The summed E-state index contributed by atoms with van der Waals surface area (Å²) in [5.74, 6) is -1.66. The Kier molecular flexibility index (Phi) is 20.7. The zero-order valence-corrected chi connectivity index (χ0v) is 26.6. The number of benzene rings is 2. The standard InChI is InChI=1S/2C12H16F2N.2C5H5.Ti/c2*1-4-15(8-9(2)3)12-6-5-10(13)7-11(12)14;2*1-2-4-5-3-1;/h2*5-6,9H,4,8H2,1-3H3;2*1-3H,4H2;/q4*-1;+4. The van der Waals surface area contributed by atoms with Gasteiger partial charge in [0.2, 0.25) is 0 Å². The van der Waals surface area contributed by atoms with Crippen LogP contribution in [0.15, 0.2) is 60.7 Å². The van der Waals surface area contributed by atoms with Gasteiger partial charge in [-0.15, -0.1) is 49.2 Å². The van der Waals surface area contributed by atoms with Gasteiger partial charge in [0.05, 0.1) is 0 Å². The van der Waals surface area contributed by atoms with Crippen molar-refractivity contribution in [1.82, 2.24) is 0 Å². The molecule has 0 radical (unpaired) electrons. The van der Waals surface area contributed by atoms with E-state index >= 15 is 0 Å². The predicted molar refractivity (Wildman–Crippen MR) is 159 cm³/mol. The minimum absolute atomic E-state index is 0. The Hall–Kier alpha value is -2.57. The molecule has 0 saturated heterocycles. The topological polar surface area (TPSA) is 6.48 Å². The second-order valence-electron chi connectivity index (χ2n) is 9.88. The third-order valence-corrected chi connectivity index (χ3v) is 5.47. The smallest absolute Gasteiger partial charge is 0.421 e. The summed E-state index contributed by atoms with van der Waals surface area (Å²) in [6, 6.07) is 9.51. The largest absolute Gasteiger partial charge is 4.00 e. The first-order chi connectivity index (χ1) is 19.1. The number of anilines is 2. The third-order valence-electron chi connectivity index (χ3n) is 5.47. The van der Waals surface area contributed by atoms with Crippen molar-refractivity contribution in [3.8, 4) is 0 Å². The molecule has 0 amide bonds. The van der Waals surface area contributed by atoms with E-state index in [9.17, 15) is 17.6 Å². The average Bonchev–Trinajstić information content (AvgIpc) is 3.66. The van der Waals surface area contributed by atoms with Gasteiger partial charge in [0.1, 0.15) is 0 Å². The summed E-state index contributed by atoms with van der Waals surface area (Å²) >= 11 is 0. The van der Waals surface area contributed by atoms with Crippen molar-refractivity contribution >= 4 is 11.4 Å². The summed E-state index contributed by atoms with van der Waals surface area (Å²) in [5, 5.41) is 0. The summed E-state index contributed by atoms with van der Waals surface area (Å²) in [6.07, 6.45) is 20.0. The van der Waals surface area contributed by atoms with E-state index in [1.54, 1.807) is 0 Å². The Bertz CT molecular complexity index is 1000. The Balaban J connectivity index is 0.000000573. The van der Waals surface area contributed by atoms with Gasteiger partial charge in [-0.25, -0.2) is 41.9 Å². The molecule has 2 aliphatic carbocycles. The fourth-order valence-corrected chi connectivity index (χ4v) is 3.72. The van der Waals surface area contributed by atoms with Gasteiger partial charge in [-0.3, -0.25) is 12.2 Å². The summed E-state index contributed by atoms with van der Waals surface area (Å²) in [4.78, 5) is 3.77. The second kappa shape index (κ2) is 22.1. The fourth-order valence-electron chi connectivity index (χ4n) is 3.72. The monoisotopic (exact) mass is 602 g/mol. The molecular formula is C34H42F4N2Ti. The van der Waals surface area contributed by atoms with Crippen molar-refractivity contribution in [3.05, 3.63) is 108 Å². The first-order valence-electron chi connectivity index (χ1n) is 13.8. The Morgan fingerprint density at radius 2 is 1.02 bits per heavy atom. The van der Waals surface area contributed by atoms with E-state index in [4.69, 9.17) is 0 Å². The van der Waals surface area contributed by atoms with Gasteiger partial charge < -0.3 is 9.80 Å². The average molecular weight is 603 g/mol. The maximum absolute atomic E-state index is 13.4. The van der Waals surface area contributed by atoms with Crippen molar-refractivity contribution < 1.29 is 39.3 Å². The molecule has 0 spiro atoms. The zero-order valence-electron chi connectivity index (χ0n) is 25.1. The number of hydrogen-bond acceptors (Lipinski definition) is 2. The molecule has 7 heteroatoms. The van der Waals surface area contributed by atoms with Crippen LogP contribution in [0.3, 0.4) is 0 Å². The molecule has 4 rings (SSSR count). The number of halogens is 4. The number of rotatable bonds is 8. The van der Waals surface area contributed by atoms with E-state index in [-0.39, 0.29) is 21.7 Å². The van der Waals surface area contributed by atoms with Crippen LogP contribution >= 0.6 is 0 Å². The summed E-state index contributed by atoms with van der Waals surface area (Å²) < 4.78 is 52.1. The SMILES string of the molecule is CCN(CC(C)C)c1ccc(F)[c-]c1F.CCN(CC(C)C)c1ccc(F)[c-]c1F.[C-]1=CC=CC1.[C-]1=CC=CC1.[Ti+4]. The molecule has 2 nitrogen and oxygen atoms in total. The molecule has 2 aliphatic rings. The van der Waals surface area contributed by atoms with Crippen LogP contribution in [-0.2, 0) is 21.7 Å². The Morgan fingerprint density at radius 3 is 1.22 bits per heavy atom. The minimum atomic E-state index is -0.656. The zero-order chi connectivity index (χ0) is 29.9. The number of hydrogen-bond donors (Lipinski definition) is 0. The molecule has 0 N–H and O–H groups in total. The molecule has 0 unspecified atom stereocenters. The van der Waals surface area contributed by atoms with Gasteiger partial charge in [-0.2, -0.15) is 12.2 Å². The van der Waals surface area contributed by atoms with Crippen LogP contribution in [0.4, 0.5) is 28.9 Å². The summed E-state index contributed by atoms with van der Waals surface area (Å²) in [5.41, 5.74) is 0.847. The molecule has 0 saturated carbocycles. The van der Waals surface area contributed by atoms with Crippen LogP contribution < -0.4 is 9.80 Å². The third kappa shape index (κ3) is 16.5. The van der Waals surface area contributed by atoms with Crippen molar-refractivity contribution in [2.45, 2.75) is 54.4 Å².